The van der Waals surface area contributed by atoms with Crippen LogP contribution in [0.4, 0.5) is 10.5 Å². The Morgan fingerprint density at radius 2 is 2.29 bits per heavy atom. The van der Waals surface area contributed by atoms with Crippen molar-refractivity contribution >= 4 is 11.8 Å². The third-order valence-electron chi connectivity index (χ3n) is 2.02. The summed E-state index contributed by atoms with van der Waals surface area (Å²) in [5.41, 5.74) is 0.493. The van der Waals surface area contributed by atoms with Gasteiger partial charge in [-0.05, 0) is 12.1 Å². The molecule has 1 aliphatic heterocycles. The highest BCUT2D eigenvalue weighted by Gasteiger charge is 2.21. The van der Waals surface area contributed by atoms with Crippen molar-refractivity contribution in [1.82, 2.24) is 0 Å². The van der Waals surface area contributed by atoms with Crippen molar-refractivity contribution < 1.29 is 19.4 Å². The Morgan fingerprint density at radius 3 is 3.00 bits per heavy atom. The molecular weight excluding hydrogens is 186 g/mol. The summed E-state index contributed by atoms with van der Waals surface area (Å²) in [4.78, 5) is 11.8. The Balaban J connectivity index is 2.44. The average Bonchev–Trinajstić information content (AvgIpc) is 2.63. The molecule has 0 radical (unpaired) electrons. The molecule has 1 aliphatic rings. The molecule has 0 unspecified atom stereocenters. The van der Waals surface area contributed by atoms with Crippen molar-refractivity contribution in [3.05, 3.63) is 18.2 Å². The number of para-hydroxylation sites is 1. The quantitative estimate of drug-likeness (QED) is 0.738. The molecule has 14 heavy (non-hydrogen) atoms. The summed E-state index contributed by atoms with van der Waals surface area (Å²) < 4.78 is 10.3. The van der Waals surface area contributed by atoms with Crippen LogP contribution in [0.25, 0.3) is 0 Å². The molecule has 74 valence electrons. The van der Waals surface area contributed by atoms with Crippen molar-refractivity contribution in [3.8, 4) is 11.5 Å². The predicted molar refractivity (Wildman–Crippen MR) is 49.0 cm³/mol. The van der Waals surface area contributed by atoms with Crippen molar-refractivity contribution in [2.24, 2.45) is 0 Å². The highest BCUT2D eigenvalue weighted by molar-refractivity contribution is 5.88. The molecule has 0 aliphatic carbocycles. The number of carbonyl (C=O) groups is 1. The highest BCUT2D eigenvalue weighted by Crippen LogP contribution is 2.40. The second kappa shape index (κ2) is 3.10. The molecule has 0 saturated heterocycles. The fourth-order valence-electron chi connectivity index (χ4n) is 1.28. The van der Waals surface area contributed by atoms with Crippen LogP contribution in [0.15, 0.2) is 18.2 Å². The molecule has 1 N–H and O–H groups in total. The summed E-state index contributed by atoms with van der Waals surface area (Å²) in [6.45, 7) is 0.139. The van der Waals surface area contributed by atoms with E-state index in [9.17, 15) is 4.79 Å². The number of amides is 1. The lowest BCUT2D eigenvalue weighted by atomic mass is 10.2. The lowest BCUT2D eigenvalue weighted by Gasteiger charge is -2.14. The number of fused-ring (bicyclic) bond motifs is 1. The van der Waals surface area contributed by atoms with Gasteiger partial charge in [-0.1, -0.05) is 6.07 Å². The molecule has 0 spiro atoms. The summed E-state index contributed by atoms with van der Waals surface area (Å²) in [6.07, 6.45) is -1.03. The normalized spacial score (nSPS) is 12.6. The molecule has 1 heterocycles. The summed E-state index contributed by atoms with van der Waals surface area (Å²) in [5, 5.41) is 8.80. The topological polar surface area (TPSA) is 59.0 Å². The van der Waals surface area contributed by atoms with Crippen LogP contribution >= 0.6 is 0 Å². The zero-order valence-electron chi connectivity index (χ0n) is 7.56. The van der Waals surface area contributed by atoms with E-state index < -0.39 is 6.09 Å². The van der Waals surface area contributed by atoms with E-state index in [2.05, 4.69) is 0 Å². The van der Waals surface area contributed by atoms with E-state index in [0.717, 1.165) is 4.90 Å². The van der Waals surface area contributed by atoms with Crippen LogP contribution in [0.5, 0.6) is 11.5 Å². The average molecular weight is 195 g/mol. The maximum absolute atomic E-state index is 10.7. The van der Waals surface area contributed by atoms with E-state index in [1.54, 1.807) is 18.2 Å². The molecule has 5 nitrogen and oxygen atoms in total. The SMILES string of the molecule is CN(C(=O)O)c1cccc2c1OCO2. The van der Waals surface area contributed by atoms with Gasteiger partial charge in [-0.15, -0.1) is 0 Å². The number of hydrogen-bond donors (Lipinski definition) is 1. The van der Waals surface area contributed by atoms with Gasteiger partial charge in [0.05, 0.1) is 5.69 Å². The molecule has 5 heteroatoms. The van der Waals surface area contributed by atoms with Crippen LogP contribution < -0.4 is 14.4 Å². The standard InChI is InChI=1S/C9H9NO4/c1-10(9(11)12)6-3-2-4-7-8(6)14-5-13-7/h2-4H,5H2,1H3,(H,11,12). The van der Waals surface area contributed by atoms with E-state index >= 15 is 0 Å². The fraction of sp³-hybridized carbons (Fsp3) is 0.222. The van der Waals surface area contributed by atoms with E-state index in [0.29, 0.717) is 17.2 Å². The lowest BCUT2D eigenvalue weighted by molar-refractivity contribution is 0.173. The molecule has 0 atom stereocenters. The van der Waals surface area contributed by atoms with Gasteiger partial charge in [0.15, 0.2) is 11.5 Å². The van der Waals surface area contributed by atoms with Crippen molar-refractivity contribution in [3.63, 3.8) is 0 Å². The van der Waals surface area contributed by atoms with Crippen LogP contribution in [0.2, 0.25) is 0 Å². The van der Waals surface area contributed by atoms with Gasteiger partial charge >= 0.3 is 6.09 Å². The molecule has 1 amide bonds. The second-order valence-corrected chi connectivity index (χ2v) is 2.85. The maximum atomic E-state index is 10.7. The summed E-state index contributed by atoms with van der Waals surface area (Å²) in [6, 6.07) is 5.13. The van der Waals surface area contributed by atoms with Crippen molar-refractivity contribution in [1.29, 1.82) is 0 Å². The first-order valence-electron chi connectivity index (χ1n) is 4.05. The molecule has 0 saturated carbocycles. The second-order valence-electron chi connectivity index (χ2n) is 2.85. The number of hydrogen-bond acceptors (Lipinski definition) is 3. The molecular formula is C9H9NO4. The number of ether oxygens (including phenoxy) is 2. The minimum absolute atomic E-state index is 0.139. The van der Waals surface area contributed by atoms with Crippen LogP contribution in [-0.4, -0.2) is 25.0 Å². The van der Waals surface area contributed by atoms with Crippen molar-refractivity contribution in [2.75, 3.05) is 18.7 Å². The maximum Gasteiger partial charge on any atom is 0.411 e. The van der Waals surface area contributed by atoms with Gasteiger partial charge in [0.1, 0.15) is 0 Å². The number of rotatable bonds is 1. The van der Waals surface area contributed by atoms with Crippen LogP contribution in [0.1, 0.15) is 0 Å². The minimum atomic E-state index is -1.03. The summed E-state index contributed by atoms with van der Waals surface area (Å²) in [7, 11) is 1.46. The zero-order valence-corrected chi connectivity index (χ0v) is 7.56. The summed E-state index contributed by atoms with van der Waals surface area (Å²) in [5.74, 6) is 1.06. The predicted octanol–water partition coefficient (Wildman–Crippen LogP) is 1.53. The highest BCUT2D eigenvalue weighted by atomic mass is 16.7. The molecule has 1 aromatic rings. The molecule has 0 bridgehead atoms. The monoisotopic (exact) mass is 195 g/mol. The van der Waals surface area contributed by atoms with Gasteiger partial charge in [-0.2, -0.15) is 0 Å². The van der Waals surface area contributed by atoms with Gasteiger partial charge in [0.2, 0.25) is 6.79 Å². The van der Waals surface area contributed by atoms with Crippen molar-refractivity contribution in [2.45, 2.75) is 0 Å². The molecule has 0 aromatic heterocycles. The number of nitrogens with zero attached hydrogens (tertiary/aromatic N) is 1. The van der Waals surface area contributed by atoms with E-state index in [4.69, 9.17) is 14.6 Å². The van der Waals surface area contributed by atoms with Crippen LogP contribution in [0.3, 0.4) is 0 Å². The minimum Gasteiger partial charge on any atom is -0.465 e. The molecule has 1 aromatic carbocycles. The first kappa shape index (κ1) is 8.68. The first-order chi connectivity index (χ1) is 6.70. The van der Waals surface area contributed by atoms with Gasteiger partial charge in [0.25, 0.3) is 0 Å². The third kappa shape index (κ3) is 1.22. The van der Waals surface area contributed by atoms with E-state index in [1.807, 2.05) is 0 Å². The number of anilines is 1. The first-order valence-corrected chi connectivity index (χ1v) is 4.05. The van der Waals surface area contributed by atoms with Gasteiger partial charge < -0.3 is 14.6 Å². The third-order valence-corrected chi connectivity index (χ3v) is 2.02. The zero-order chi connectivity index (χ0) is 10.1. The van der Waals surface area contributed by atoms with Crippen LogP contribution in [0, 0.1) is 0 Å². The molecule has 0 fully saturated rings. The number of benzene rings is 1. The fourth-order valence-corrected chi connectivity index (χ4v) is 1.28. The Bertz CT molecular complexity index is 377. The molecule has 2 rings (SSSR count). The lowest BCUT2D eigenvalue weighted by Crippen LogP contribution is -2.23. The Kier molecular flexibility index (Phi) is 1.92. The summed E-state index contributed by atoms with van der Waals surface area (Å²) >= 11 is 0. The van der Waals surface area contributed by atoms with E-state index in [1.165, 1.54) is 7.05 Å². The van der Waals surface area contributed by atoms with E-state index in [-0.39, 0.29) is 6.79 Å². The van der Waals surface area contributed by atoms with Gasteiger partial charge in [-0.25, -0.2) is 4.79 Å². The largest absolute Gasteiger partial charge is 0.465 e. The Labute approximate surface area is 80.5 Å². The number of carboxylic acid groups (broad SMARTS) is 1. The van der Waals surface area contributed by atoms with Gasteiger partial charge in [-0.3, -0.25) is 4.90 Å². The smallest absolute Gasteiger partial charge is 0.411 e. The van der Waals surface area contributed by atoms with Gasteiger partial charge in [0, 0.05) is 7.05 Å². The Hall–Kier alpha value is -1.91. The Morgan fingerprint density at radius 1 is 1.50 bits per heavy atom. The van der Waals surface area contributed by atoms with Crippen LogP contribution in [-0.2, 0) is 0 Å².